The molecule has 2 amide bonds. The van der Waals surface area contributed by atoms with Crippen molar-refractivity contribution in [3.05, 3.63) is 59.9 Å². The van der Waals surface area contributed by atoms with Crippen LogP contribution in [0.5, 0.6) is 0 Å². The van der Waals surface area contributed by atoms with Gasteiger partial charge in [0.15, 0.2) is 6.10 Å². The van der Waals surface area contributed by atoms with E-state index < -0.39 is 33.8 Å². The number of esters is 1. The number of anilines is 1. The van der Waals surface area contributed by atoms with Crippen LogP contribution in [0.1, 0.15) is 25.8 Å². The Morgan fingerprint density at radius 1 is 1.12 bits per heavy atom. The Balaban J connectivity index is 1.81. The van der Waals surface area contributed by atoms with Gasteiger partial charge in [-0.2, -0.15) is 0 Å². The Kier molecular flexibility index (Phi) is 9.06. The number of carbonyl (C=O) groups excluding carboxylic acids is 3. The normalized spacial score (nSPS) is 12.0. The molecule has 0 aliphatic heterocycles. The van der Waals surface area contributed by atoms with Gasteiger partial charge in [-0.3, -0.25) is 14.4 Å². The third kappa shape index (κ3) is 8.28. The lowest BCUT2D eigenvalue weighted by Gasteiger charge is -2.21. The molecule has 0 aliphatic rings. The molecule has 2 N–H and O–H groups in total. The number of hydrogen-bond acceptors (Lipinski definition) is 6. The third-order valence-electron chi connectivity index (χ3n) is 4.45. The second kappa shape index (κ2) is 11.5. The molecule has 0 saturated heterocycles. The number of hydrogen-bond donors (Lipinski definition) is 2. The molecule has 33 heavy (non-hydrogen) atoms. The summed E-state index contributed by atoms with van der Waals surface area (Å²) >= 11 is 0. The molecule has 1 unspecified atom stereocenters. The first-order valence-electron chi connectivity index (χ1n) is 10.0. The topological polar surface area (TPSA) is 122 Å². The number of nitrogens with zero attached hydrogens (tertiary/aromatic N) is 1. The highest BCUT2D eigenvalue weighted by Crippen LogP contribution is 2.14. The average molecular weight is 480 g/mol. The minimum atomic E-state index is -3.87. The van der Waals surface area contributed by atoms with E-state index in [1.807, 2.05) is 0 Å². The molecular formula is C22H26FN3O6S. The molecule has 9 nitrogen and oxygen atoms in total. The van der Waals surface area contributed by atoms with E-state index in [2.05, 4.69) is 10.0 Å². The van der Waals surface area contributed by atoms with Gasteiger partial charge in [-0.25, -0.2) is 17.5 Å². The van der Waals surface area contributed by atoms with Crippen molar-refractivity contribution in [1.29, 1.82) is 0 Å². The van der Waals surface area contributed by atoms with Crippen molar-refractivity contribution in [3.63, 3.8) is 0 Å². The summed E-state index contributed by atoms with van der Waals surface area (Å²) in [5.74, 6) is -1.93. The Morgan fingerprint density at radius 3 is 2.39 bits per heavy atom. The van der Waals surface area contributed by atoms with Crippen LogP contribution >= 0.6 is 0 Å². The molecule has 178 valence electrons. The molecule has 2 rings (SSSR count). The molecule has 0 aliphatic carbocycles. The van der Waals surface area contributed by atoms with E-state index in [0.717, 1.165) is 0 Å². The number of nitrogens with one attached hydrogen (secondary N) is 2. The summed E-state index contributed by atoms with van der Waals surface area (Å²) in [5.41, 5.74) is 1.04. The van der Waals surface area contributed by atoms with Crippen LogP contribution in [0.15, 0.2) is 53.4 Å². The molecule has 0 fully saturated rings. The second-order valence-electron chi connectivity index (χ2n) is 7.31. The largest absolute Gasteiger partial charge is 0.452 e. The summed E-state index contributed by atoms with van der Waals surface area (Å²) in [7, 11) is -2.37. The maximum atomic E-state index is 13.3. The Labute approximate surface area is 192 Å². The molecule has 2 aromatic rings. The van der Waals surface area contributed by atoms with E-state index in [4.69, 9.17) is 4.74 Å². The van der Waals surface area contributed by atoms with E-state index >= 15 is 0 Å². The van der Waals surface area contributed by atoms with Crippen LogP contribution in [0.25, 0.3) is 0 Å². The van der Waals surface area contributed by atoms with Gasteiger partial charge in [0.2, 0.25) is 15.9 Å². The molecule has 2 aromatic carbocycles. The number of benzene rings is 2. The first-order valence-corrected chi connectivity index (χ1v) is 11.5. The van der Waals surface area contributed by atoms with E-state index in [1.165, 1.54) is 68.3 Å². The molecule has 0 bridgehead atoms. The van der Waals surface area contributed by atoms with Crippen LogP contribution in [-0.4, -0.2) is 50.8 Å². The summed E-state index contributed by atoms with van der Waals surface area (Å²) in [5, 5.41) is 2.53. The van der Waals surface area contributed by atoms with E-state index in [1.54, 1.807) is 6.07 Å². The predicted octanol–water partition coefficient (Wildman–Crippen LogP) is 2.04. The Hall–Kier alpha value is -3.31. The Bertz CT molecular complexity index is 1110. The Morgan fingerprint density at radius 2 is 1.79 bits per heavy atom. The highest BCUT2D eigenvalue weighted by atomic mass is 32.2. The molecule has 11 heteroatoms. The predicted molar refractivity (Wildman–Crippen MR) is 119 cm³/mol. The maximum absolute atomic E-state index is 13.3. The van der Waals surface area contributed by atoms with Gasteiger partial charge in [0, 0.05) is 32.7 Å². The summed E-state index contributed by atoms with van der Waals surface area (Å²) in [6.07, 6.45) is -1.37. The van der Waals surface area contributed by atoms with E-state index in [9.17, 15) is 27.2 Å². The molecule has 0 heterocycles. The van der Waals surface area contributed by atoms with Gasteiger partial charge >= 0.3 is 5.97 Å². The number of ether oxygens (including phenoxy) is 1. The van der Waals surface area contributed by atoms with Gasteiger partial charge in [-0.1, -0.05) is 12.1 Å². The molecule has 0 radical (unpaired) electrons. The minimum Gasteiger partial charge on any atom is -0.452 e. The van der Waals surface area contributed by atoms with Crippen LogP contribution in [0.2, 0.25) is 0 Å². The lowest BCUT2D eigenvalue weighted by atomic mass is 10.2. The van der Waals surface area contributed by atoms with Gasteiger partial charge in [0.05, 0.1) is 11.3 Å². The summed E-state index contributed by atoms with van der Waals surface area (Å²) in [6, 6.07) is 11.3. The van der Waals surface area contributed by atoms with Crippen molar-refractivity contribution in [2.45, 2.75) is 37.8 Å². The van der Waals surface area contributed by atoms with E-state index in [-0.39, 0.29) is 30.3 Å². The smallest absolute Gasteiger partial charge is 0.307 e. The third-order valence-corrected chi connectivity index (χ3v) is 5.92. The highest BCUT2D eigenvalue weighted by molar-refractivity contribution is 7.89. The number of carbonyl (C=O) groups is 3. The van der Waals surface area contributed by atoms with Crippen molar-refractivity contribution >= 4 is 33.5 Å². The molecule has 1 atom stereocenters. The van der Waals surface area contributed by atoms with E-state index in [0.29, 0.717) is 11.3 Å². The van der Waals surface area contributed by atoms with Crippen molar-refractivity contribution in [3.8, 4) is 0 Å². The standard InChI is InChI=1S/C22H26FN3O6S/c1-15(22(29)26(3)14-17-5-4-6-18(23)13-17)32-21(28)11-12-24-33(30,31)20-9-7-19(8-10-20)25-16(2)27/h4-10,13,15,24H,11-12,14H2,1-3H3,(H,25,27). The van der Waals surface area contributed by atoms with Gasteiger partial charge in [0.1, 0.15) is 5.82 Å². The summed E-state index contributed by atoms with van der Waals surface area (Å²) < 4.78 is 45.3. The first kappa shape index (κ1) is 25.9. The molecular weight excluding hydrogens is 453 g/mol. The van der Waals surface area contributed by atoms with Gasteiger partial charge < -0.3 is 15.0 Å². The molecule has 0 spiro atoms. The van der Waals surface area contributed by atoms with Crippen LogP contribution < -0.4 is 10.0 Å². The number of halogens is 1. The monoisotopic (exact) mass is 479 g/mol. The van der Waals surface area contributed by atoms with Crippen LogP contribution in [0.3, 0.4) is 0 Å². The van der Waals surface area contributed by atoms with Crippen LogP contribution in [0, 0.1) is 5.82 Å². The SMILES string of the molecule is CC(=O)Nc1ccc(S(=O)(=O)NCCC(=O)OC(C)C(=O)N(C)Cc2cccc(F)c2)cc1. The van der Waals surface area contributed by atoms with Gasteiger partial charge in [0.25, 0.3) is 5.91 Å². The zero-order valence-electron chi connectivity index (χ0n) is 18.5. The lowest BCUT2D eigenvalue weighted by molar-refractivity contribution is -0.158. The average Bonchev–Trinajstić information content (AvgIpc) is 2.73. The second-order valence-corrected chi connectivity index (χ2v) is 9.08. The highest BCUT2D eigenvalue weighted by Gasteiger charge is 2.22. The van der Waals surface area contributed by atoms with Crippen molar-refractivity contribution in [2.75, 3.05) is 18.9 Å². The van der Waals surface area contributed by atoms with Crippen molar-refractivity contribution in [1.82, 2.24) is 9.62 Å². The van der Waals surface area contributed by atoms with Crippen LogP contribution in [-0.2, 0) is 35.7 Å². The zero-order valence-corrected chi connectivity index (χ0v) is 19.3. The van der Waals surface area contributed by atoms with Crippen molar-refractivity contribution < 1.29 is 31.9 Å². The summed E-state index contributed by atoms with van der Waals surface area (Å²) in [6.45, 7) is 2.65. The summed E-state index contributed by atoms with van der Waals surface area (Å²) in [4.78, 5) is 36.7. The first-order chi connectivity index (χ1) is 15.5. The maximum Gasteiger partial charge on any atom is 0.307 e. The van der Waals surface area contributed by atoms with Gasteiger partial charge in [-0.05, 0) is 48.9 Å². The lowest BCUT2D eigenvalue weighted by Crippen LogP contribution is -2.37. The fourth-order valence-corrected chi connectivity index (χ4v) is 3.93. The molecule has 0 aromatic heterocycles. The van der Waals surface area contributed by atoms with Crippen LogP contribution in [0.4, 0.5) is 10.1 Å². The minimum absolute atomic E-state index is 0.0347. The number of rotatable bonds is 10. The number of likely N-dealkylation sites (N-methyl/N-ethyl adjacent to an activating group) is 1. The molecule has 0 saturated carbocycles. The fraction of sp³-hybridized carbons (Fsp3) is 0.318. The number of amides is 2. The zero-order chi connectivity index (χ0) is 24.6. The van der Waals surface area contributed by atoms with Crippen molar-refractivity contribution in [2.24, 2.45) is 0 Å². The quantitative estimate of drug-likeness (QED) is 0.503. The number of sulfonamides is 1. The van der Waals surface area contributed by atoms with Gasteiger partial charge in [-0.15, -0.1) is 0 Å². The fourth-order valence-electron chi connectivity index (χ4n) is 2.90.